The molecule has 2 aromatic carbocycles. The summed E-state index contributed by atoms with van der Waals surface area (Å²) in [6, 6.07) is 8.25. The minimum Gasteiger partial charge on any atom is -0.507 e. The third-order valence-corrected chi connectivity index (χ3v) is 3.68. The third-order valence-electron chi connectivity index (χ3n) is 3.68. The van der Waals surface area contributed by atoms with Crippen LogP contribution in [0.25, 0.3) is 22.3 Å². The number of hydrogen-bond donors (Lipinski definition) is 4. The van der Waals surface area contributed by atoms with Gasteiger partial charge in [0.15, 0.2) is 37.3 Å². The van der Waals surface area contributed by atoms with Gasteiger partial charge < -0.3 is 39.1 Å². The van der Waals surface area contributed by atoms with Crippen LogP contribution in [0.4, 0.5) is 0 Å². The van der Waals surface area contributed by atoms with Crippen LogP contribution >= 0.6 is 0 Å². The fourth-order valence-corrected chi connectivity index (χ4v) is 2.58. The molecule has 1 aromatic heterocycles. The van der Waals surface area contributed by atoms with Crippen LogP contribution in [0, 0.1) is 0 Å². The van der Waals surface area contributed by atoms with Gasteiger partial charge in [-0.2, -0.15) is 0 Å². The minimum atomic E-state index is -0.622. The normalized spacial score (nSPS) is 10.8. The van der Waals surface area contributed by atoms with Crippen LogP contribution in [0.5, 0.6) is 23.0 Å². The quantitative estimate of drug-likeness (QED) is 0.447. The highest BCUT2D eigenvalue weighted by Crippen LogP contribution is 2.35. The van der Waals surface area contributed by atoms with Gasteiger partial charge in [-0.3, -0.25) is 4.79 Å². The van der Waals surface area contributed by atoms with Crippen molar-refractivity contribution in [3.8, 4) is 34.3 Å². The van der Waals surface area contributed by atoms with E-state index in [1.54, 1.807) is 6.07 Å². The summed E-state index contributed by atoms with van der Waals surface area (Å²) in [5.41, 5.74) is -0.00317. The lowest BCUT2D eigenvalue weighted by Gasteiger charge is -2.12. The van der Waals surface area contributed by atoms with Crippen LogP contribution in [0.2, 0.25) is 0 Å². The van der Waals surface area contributed by atoms with Crippen molar-refractivity contribution in [1.82, 2.24) is 0 Å². The maximum atomic E-state index is 12.4. The molecule has 1 heterocycles. The molecule has 9 nitrogen and oxygen atoms in total. The molecule has 0 bridgehead atoms. The minimum absolute atomic E-state index is 0.0314. The Bertz CT molecular complexity index is 1010. The summed E-state index contributed by atoms with van der Waals surface area (Å²) in [4.78, 5) is 12.4. The Kier molecular flexibility index (Phi) is 5.46. The van der Waals surface area contributed by atoms with Gasteiger partial charge in [0.05, 0.1) is 0 Å². The molecule has 0 radical (unpaired) electrons. The lowest BCUT2D eigenvalue weighted by Crippen LogP contribution is -2.03. The van der Waals surface area contributed by atoms with Gasteiger partial charge in [0, 0.05) is 23.8 Å². The number of aliphatic hydroxyl groups excluding tert-OH is 3. The van der Waals surface area contributed by atoms with Crippen LogP contribution in [0.15, 0.2) is 45.6 Å². The van der Waals surface area contributed by atoms with E-state index in [0.29, 0.717) is 5.56 Å². The van der Waals surface area contributed by atoms with E-state index in [0.717, 1.165) is 0 Å². The van der Waals surface area contributed by atoms with Crippen LogP contribution in [-0.2, 0) is 0 Å². The van der Waals surface area contributed by atoms with Gasteiger partial charge in [-0.25, -0.2) is 0 Å². The van der Waals surface area contributed by atoms with Gasteiger partial charge in [-0.15, -0.1) is 0 Å². The zero-order chi connectivity index (χ0) is 19.4. The predicted molar refractivity (Wildman–Crippen MR) is 92.7 cm³/mol. The van der Waals surface area contributed by atoms with Crippen LogP contribution in [-0.4, -0.2) is 40.8 Å². The van der Waals surface area contributed by atoms with Crippen LogP contribution in [0.1, 0.15) is 0 Å². The molecule has 0 aliphatic carbocycles. The summed E-state index contributed by atoms with van der Waals surface area (Å²) >= 11 is 0. The van der Waals surface area contributed by atoms with E-state index in [1.807, 2.05) is 0 Å². The second-order valence-electron chi connectivity index (χ2n) is 5.27. The standard InChI is InChI=1S/C18H16O9/c19-7-24-11-4-12(22)18-13(23)6-15(27-17(18)5-11)10-1-2-14(25-8-20)16(3-10)26-9-21/h1-6,19-22H,7-9H2. The molecule has 0 aliphatic heterocycles. The van der Waals surface area contributed by atoms with Crippen molar-refractivity contribution >= 4 is 11.0 Å². The number of phenols is 1. The summed E-state index contributed by atoms with van der Waals surface area (Å²) in [6.45, 7) is -1.81. The maximum absolute atomic E-state index is 12.4. The lowest BCUT2D eigenvalue weighted by molar-refractivity contribution is 0.0744. The molecule has 27 heavy (non-hydrogen) atoms. The molecule has 0 unspecified atom stereocenters. The molecule has 4 N–H and O–H groups in total. The van der Waals surface area contributed by atoms with E-state index in [1.165, 1.54) is 30.3 Å². The highest BCUT2D eigenvalue weighted by Gasteiger charge is 2.15. The Morgan fingerprint density at radius 2 is 1.56 bits per heavy atom. The Morgan fingerprint density at radius 3 is 2.26 bits per heavy atom. The zero-order valence-corrected chi connectivity index (χ0v) is 13.9. The summed E-state index contributed by atoms with van der Waals surface area (Å²) in [6.07, 6.45) is 0. The average molecular weight is 376 g/mol. The third kappa shape index (κ3) is 3.80. The van der Waals surface area contributed by atoms with E-state index in [9.17, 15) is 9.90 Å². The number of rotatable bonds is 7. The molecule has 0 amide bonds. The summed E-state index contributed by atoms with van der Waals surface area (Å²) < 4.78 is 20.7. The highest BCUT2D eigenvalue weighted by molar-refractivity contribution is 5.86. The molecular formula is C18H16O9. The molecule has 3 aromatic rings. The summed E-state index contributed by atoms with van der Waals surface area (Å²) in [5.74, 6) is 0.263. The highest BCUT2D eigenvalue weighted by atomic mass is 16.6. The van der Waals surface area contributed by atoms with Crippen molar-refractivity contribution in [1.29, 1.82) is 0 Å². The molecule has 142 valence electrons. The molecule has 3 rings (SSSR count). The number of ether oxygens (including phenoxy) is 3. The molecular weight excluding hydrogens is 360 g/mol. The number of aromatic hydroxyl groups is 1. The number of phenolic OH excluding ortho intramolecular Hbond substituents is 1. The molecule has 0 fully saturated rings. The van der Waals surface area contributed by atoms with Crippen molar-refractivity contribution in [3.63, 3.8) is 0 Å². The van der Waals surface area contributed by atoms with E-state index in [2.05, 4.69) is 0 Å². The fraction of sp³-hybridized carbons (Fsp3) is 0.167. The van der Waals surface area contributed by atoms with Gasteiger partial charge in [-0.05, 0) is 18.2 Å². The maximum Gasteiger partial charge on any atom is 0.197 e. The largest absolute Gasteiger partial charge is 0.507 e. The van der Waals surface area contributed by atoms with Gasteiger partial charge in [0.25, 0.3) is 0 Å². The monoisotopic (exact) mass is 376 g/mol. The fourth-order valence-electron chi connectivity index (χ4n) is 2.58. The van der Waals surface area contributed by atoms with Gasteiger partial charge in [-0.1, -0.05) is 0 Å². The van der Waals surface area contributed by atoms with Crippen LogP contribution < -0.4 is 19.6 Å². The SMILES string of the molecule is O=c1cc(-c2ccc(OCO)c(OCO)c2)oc2cc(OCO)cc(O)c12. The molecule has 0 aliphatic rings. The summed E-state index contributed by atoms with van der Waals surface area (Å²) in [7, 11) is 0. The number of hydrogen-bond acceptors (Lipinski definition) is 9. The molecule has 0 saturated heterocycles. The number of benzene rings is 2. The average Bonchev–Trinajstić information content (AvgIpc) is 2.63. The molecule has 0 saturated carbocycles. The Morgan fingerprint density at radius 1 is 0.852 bits per heavy atom. The Balaban J connectivity index is 2.13. The topological polar surface area (TPSA) is 139 Å². The molecule has 0 atom stereocenters. The first kappa shape index (κ1) is 18.5. The van der Waals surface area contributed by atoms with Crippen molar-refractivity contribution in [3.05, 3.63) is 46.6 Å². The van der Waals surface area contributed by atoms with E-state index in [4.69, 9.17) is 33.9 Å². The number of fused-ring (bicyclic) bond motifs is 1. The van der Waals surface area contributed by atoms with Gasteiger partial charge >= 0.3 is 0 Å². The number of aliphatic hydroxyl groups is 3. The van der Waals surface area contributed by atoms with E-state index in [-0.39, 0.29) is 39.7 Å². The van der Waals surface area contributed by atoms with Crippen molar-refractivity contribution in [2.45, 2.75) is 0 Å². The van der Waals surface area contributed by atoms with E-state index < -0.39 is 25.8 Å². The Labute approximate surface area is 152 Å². The zero-order valence-electron chi connectivity index (χ0n) is 13.9. The molecule has 0 spiro atoms. The van der Waals surface area contributed by atoms with Gasteiger partial charge in [0.2, 0.25) is 0 Å². The van der Waals surface area contributed by atoms with Crippen molar-refractivity contribution in [2.24, 2.45) is 0 Å². The van der Waals surface area contributed by atoms with Crippen molar-refractivity contribution in [2.75, 3.05) is 20.4 Å². The van der Waals surface area contributed by atoms with Gasteiger partial charge in [0.1, 0.15) is 28.2 Å². The Hall–Kier alpha value is -3.27. The first-order valence-corrected chi connectivity index (χ1v) is 7.73. The van der Waals surface area contributed by atoms with Crippen LogP contribution in [0.3, 0.4) is 0 Å². The predicted octanol–water partition coefficient (Wildman–Crippen LogP) is 1.15. The van der Waals surface area contributed by atoms with E-state index >= 15 is 0 Å². The van der Waals surface area contributed by atoms with Crippen molar-refractivity contribution < 1.29 is 39.1 Å². The second kappa shape index (κ2) is 7.96. The summed E-state index contributed by atoms with van der Waals surface area (Å²) in [5, 5.41) is 36.7. The smallest absolute Gasteiger partial charge is 0.197 e. The first-order valence-electron chi connectivity index (χ1n) is 7.73. The molecule has 9 heteroatoms. The second-order valence-corrected chi connectivity index (χ2v) is 5.27. The lowest BCUT2D eigenvalue weighted by atomic mass is 10.1. The first-order chi connectivity index (χ1) is 13.1.